The predicted molar refractivity (Wildman–Crippen MR) is 52.7 cm³/mol. The van der Waals surface area contributed by atoms with Crippen molar-refractivity contribution in [3.05, 3.63) is 21.5 Å². The molecule has 0 saturated carbocycles. The second-order valence-electron chi connectivity index (χ2n) is 4.08. The first-order valence-electron chi connectivity index (χ1n) is 4.51. The highest BCUT2D eigenvalue weighted by atomic mass is 16.3. The Labute approximate surface area is 82.1 Å². The van der Waals surface area contributed by atoms with E-state index in [0.717, 1.165) is 6.42 Å². The molecule has 0 amide bonds. The smallest absolute Gasteiger partial charge is 0.141 e. The van der Waals surface area contributed by atoms with Gasteiger partial charge in [-0.05, 0) is 13.3 Å². The summed E-state index contributed by atoms with van der Waals surface area (Å²) in [5.74, 6) is 0. The van der Waals surface area contributed by atoms with Crippen LogP contribution in [-0.4, -0.2) is 23.8 Å². The standard InChI is InChI=1S/C9H14N2O3/c1-6-3-9(2,4-6)8(11-14)7(5-12)10-13/h3,7-8,12H,4-5H2,1-2H3. The van der Waals surface area contributed by atoms with Gasteiger partial charge in [-0.15, -0.1) is 0 Å². The van der Waals surface area contributed by atoms with Gasteiger partial charge in [0.25, 0.3) is 0 Å². The first kappa shape index (κ1) is 11.0. The van der Waals surface area contributed by atoms with Crippen molar-refractivity contribution in [3.63, 3.8) is 0 Å². The number of nitroso groups, excluding NO2 is 2. The van der Waals surface area contributed by atoms with E-state index in [1.165, 1.54) is 5.57 Å². The number of hydrogen-bond donors (Lipinski definition) is 1. The minimum atomic E-state index is -0.929. The van der Waals surface area contributed by atoms with Crippen molar-refractivity contribution in [1.29, 1.82) is 0 Å². The third kappa shape index (κ3) is 1.72. The van der Waals surface area contributed by atoms with Gasteiger partial charge < -0.3 is 5.11 Å². The van der Waals surface area contributed by atoms with Crippen molar-refractivity contribution in [3.8, 4) is 0 Å². The van der Waals surface area contributed by atoms with E-state index in [-0.39, 0.29) is 0 Å². The van der Waals surface area contributed by atoms with Crippen molar-refractivity contribution >= 4 is 0 Å². The molecule has 0 fully saturated rings. The highest BCUT2D eigenvalue weighted by Gasteiger charge is 2.44. The zero-order chi connectivity index (χ0) is 10.8. The van der Waals surface area contributed by atoms with E-state index in [1.54, 1.807) is 0 Å². The molecule has 0 aromatic carbocycles. The van der Waals surface area contributed by atoms with Crippen LogP contribution in [0.25, 0.3) is 0 Å². The maximum Gasteiger partial charge on any atom is 0.141 e. The molecule has 0 spiro atoms. The lowest BCUT2D eigenvalue weighted by atomic mass is 9.66. The van der Waals surface area contributed by atoms with Crippen molar-refractivity contribution in [2.24, 2.45) is 15.8 Å². The van der Waals surface area contributed by atoms with E-state index in [4.69, 9.17) is 5.11 Å². The Hall–Kier alpha value is -1.10. The molecule has 0 aliphatic heterocycles. The number of aliphatic hydroxyl groups is 1. The molecule has 1 aliphatic carbocycles. The number of rotatable bonds is 5. The van der Waals surface area contributed by atoms with Crippen molar-refractivity contribution in [2.75, 3.05) is 6.61 Å². The summed E-state index contributed by atoms with van der Waals surface area (Å²) in [6, 6.07) is -1.68. The van der Waals surface area contributed by atoms with Gasteiger partial charge in [-0.2, -0.15) is 9.81 Å². The van der Waals surface area contributed by atoms with Crippen LogP contribution in [0.3, 0.4) is 0 Å². The molecular weight excluding hydrogens is 184 g/mol. The van der Waals surface area contributed by atoms with Gasteiger partial charge in [0.05, 0.1) is 6.61 Å². The third-order valence-electron chi connectivity index (χ3n) is 2.71. The molecule has 3 atom stereocenters. The van der Waals surface area contributed by atoms with Crippen LogP contribution in [0.1, 0.15) is 20.3 Å². The fraction of sp³-hybridized carbons (Fsp3) is 0.778. The van der Waals surface area contributed by atoms with Crippen LogP contribution in [0, 0.1) is 15.2 Å². The van der Waals surface area contributed by atoms with Gasteiger partial charge in [-0.25, -0.2) is 0 Å². The average Bonchev–Trinajstić information content (AvgIpc) is 2.11. The Morgan fingerprint density at radius 2 is 2.14 bits per heavy atom. The summed E-state index contributed by atoms with van der Waals surface area (Å²) in [5, 5.41) is 14.5. The van der Waals surface area contributed by atoms with Crippen molar-refractivity contribution in [1.82, 2.24) is 0 Å². The fourth-order valence-corrected chi connectivity index (χ4v) is 2.15. The molecular formula is C9H14N2O3. The van der Waals surface area contributed by atoms with Gasteiger partial charge in [0.1, 0.15) is 12.1 Å². The molecule has 5 nitrogen and oxygen atoms in total. The first-order chi connectivity index (χ1) is 6.57. The van der Waals surface area contributed by atoms with E-state index < -0.39 is 24.1 Å². The van der Waals surface area contributed by atoms with Crippen LogP contribution < -0.4 is 0 Å². The molecule has 0 aromatic rings. The molecule has 1 aliphatic rings. The largest absolute Gasteiger partial charge is 0.394 e. The first-order valence-corrected chi connectivity index (χ1v) is 4.51. The van der Waals surface area contributed by atoms with Crippen molar-refractivity contribution < 1.29 is 5.11 Å². The van der Waals surface area contributed by atoms with Gasteiger partial charge in [0.15, 0.2) is 0 Å². The zero-order valence-electron chi connectivity index (χ0n) is 8.30. The highest BCUT2D eigenvalue weighted by Crippen LogP contribution is 2.44. The monoisotopic (exact) mass is 198 g/mol. The molecule has 1 rings (SSSR count). The minimum Gasteiger partial charge on any atom is -0.394 e. The van der Waals surface area contributed by atoms with E-state index in [2.05, 4.69) is 10.4 Å². The summed E-state index contributed by atoms with van der Waals surface area (Å²) >= 11 is 0. The molecule has 5 heteroatoms. The predicted octanol–water partition coefficient (Wildman–Crippen LogP) is 1.60. The zero-order valence-corrected chi connectivity index (χ0v) is 8.30. The maximum atomic E-state index is 10.6. The van der Waals surface area contributed by atoms with Crippen LogP contribution in [0.5, 0.6) is 0 Å². The summed E-state index contributed by atoms with van der Waals surface area (Å²) < 4.78 is 0. The Morgan fingerprint density at radius 3 is 2.43 bits per heavy atom. The Balaban J connectivity index is 2.82. The van der Waals surface area contributed by atoms with E-state index in [1.807, 2.05) is 19.9 Å². The summed E-state index contributed by atoms with van der Waals surface area (Å²) in [5.41, 5.74) is 0.761. The molecule has 14 heavy (non-hydrogen) atoms. The summed E-state index contributed by atoms with van der Waals surface area (Å²) in [6.07, 6.45) is 2.64. The summed E-state index contributed by atoms with van der Waals surface area (Å²) in [7, 11) is 0. The molecule has 0 bridgehead atoms. The van der Waals surface area contributed by atoms with E-state index >= 15 is 0 Å². The summed E-state index contributed by atoms with van der Waals surface area (Å²) in [6.45, 7) is 3.37. The van der Waals surface area contributed by atoms with Crippen LogP contribution in [-0.2, 0) is 0 Å². The number of aliphatic hydroxyl groups excluding tert-OH is 1. The third-order valence-corrected chi connectivity index (χ3v) is 2.71. The Bertz CT molecular complexity index is 277. The summed E-state index contributed by atoms with van der Waals surface area (Å²) in [4.78, 5) is 21.0. The number of hydrogen-bond acceptors (Lipinski definition) is 5. The SMILES string of the molecule is CC1=CC(C)(C(N=O)C(CO)N=O)C1. The molecule has 0 aromatic heterocycles. The quantitative estimate of drug-likeness (QED) is 0.538. The van der Waals surface area contributed by atoms with Gasteiger partial charge in [-0.3, -0.25) is 0 Å². The van der Waals surface area contributed by atoms with Crippen LogP contribution >= 0.6 is 0 Å². The van der Waals surface area contributed by atoms with Gasteiger partial charge >= 0.3 is 0 Å². The molecule has 1 N–H and O–H groups in total. The topological polar surface area (TPSA) is 79.1 Å². The fourth-order valence-electron chi connectivity index (χ4n) is 2.15. The molecule has 78 valence electrons. The van der Waals surface area contributed by atoms with E-state index in [9.17, 15) is 9.81 Å². The average molecular weight is 198 g/mol. The second kappa shape index (κ2) is 3.96. The van der Waals surface area contributed by atoms with Gasteiger partial charge in [0, 0.05) is 5.41 Å². The van der Waals surface area contributed by atoms with Crippen molar-refractivity contribution in [2.45, 2.75) is 32.4 Å². The van der Waals surface area contributed by atoms with Crippen LogP contribution in [0.2, 0.25) is 0 Å². The molecule has 3 unspecified atom stereocenters. The number of allylic oxidation sites excluding steroid dienone is 1. The molecule has 0 saturated heterocycles. The van der Waals surface area contributed by atoms with Gasteiger partial charge in [-0.1, -0.05) is 28.9 Å². The highest BCUT2D eigenvalue weighted by molar-refractivity contribution is 5.25. The normalized spacial score (nSPS) is 29.8. The second-order valence-corrected chi connectivity index (χ2v) is 4.08. The Kier molecular flexibility index (Phi) is 3.10. The van der Waals surface area contributed by atoms with Crippen LogP contribution in [0.4, 0.5) is 0 Å². The van der Waals surface area contributed by atoms with Crippen LogP contribution in [0.15, 0.2) is 22.0 Å². The minimum absolute atomic E-state index is 0.410. The lowest BCUT2D eigenvalue weighted by molar-refractivity contribution is 0.190. The maximum absolute atomic E-state index is 10.6. The molecule has 0 radical (unpaired) electrons. The van der Waals surface area contributed by atoms with Gasteiger partial charge in [0.2, 0.25) is 0 Å². The number of nitrogens with zero attached hydrogens (tertiary/aromatic N) is 2. The lowest BCUT2D eigenvalue weighted by Crippen LogP contribution is -2.43. The Morgan fingerprint density at radius 1 is 1.57 bits per heavy atom. The van der Waals surface area contributed by atoms with E-state index in [0.29, 0.717) is 0 Å². The lowest BCUT2D eigenvalue weighted by Gasteiger charge is -2.39. The molecule has 0 heterocycles.